The lowest BCUT2D eigenvalue weighted by atomic mass is 10.2. The predicted molar refractivity (Wildman–Crippen MR) is 288 cm³/mol. The SMILES string of the molecule is C.CC1(C)NC(=O)c2c(Cl)cc(Br)c(=O)n21.CC1(C)NC(=O)c2c(Cl)cc(Nc3ncnc4cncnc34)c(=O)n21.CC1(C)NC(=O)c2c(Cl)cc(Nc3ncnc4cncnc34)c(=O)n21.Nc1ncnc2cncnc12. The Morgan fingerprint density at radius 3 is 1.21 bits per heavy atom. The third kappa shape index (κ3) is 10.2. The van der Waals surface area contributed by atoms with Crippen LogP contribution in [0.25, 0.3) is 33.1 Å². The monoisotopic (exact) mass is 1170 g/mol. The normalized spacial score (nSPS) is 14.6. The van der Waals surface area contributed by atoms with Crippen LogP contribution in [0.2, 0.25) is 15.1 Å². The molecule has 12 rings (SSSR count). The van der Waals surface area contributed by atoms with Crippen molar-refractivity contribution < 1.29 is 14.4 Å². The quantitative estimate of drug-likeness (QED) is 0.132. The zero-order valence-electron chi connectivity index (χ0n) is 40.2. The summed E-state index contributed by atoms with van der Waals surface area (Å²) >= 11 is 21.5. The van der Waals surface area contributed by atoms with Crippen LogP contribution in [0.1, 0.15) is 80.4 Å². The number of pyridine rings is 3. The molecule has 3 aliphatic rings. The Morgan fingerprint density at radius 1 is 0.481 bits per heavy atom. The van der Waals surface area contributed by atoms with Crippen LogP contribution in [0.5, 0.6) is 0 Å². The zero-order chi connectivity index (χ0) is 54.6. The molecule has 0 bridgehead atoms. The van der Waals surface area contributed by atoms with E-state index >= 15 is 0 Å². The molecule has 0 radical (unpaired) electrons. The standard InChI is InChI=1S/2C15H12ClN7O2.C9H8BrClN2O2.C6H5N5.CH4/c2*1-15(2)22-13(24)11-7(16)3-8(14(25)23(11)15)21-12-10-9(18-6-20-12)4-17-5-19-10;1-9(2)12-7(14)6-5(11)3-4(10)8(15)13(6)9;7-6-5-4(9-3-11-6)1-8-2-10-5;/h2*3-6H,1-2H3,(H,22,24)(H,18,20,21);3H,1-2H3,(H,12,14);1-3H,(H2,7,9,11);1H4. The van der Waals surface area contributed by atoms with Crippen molar-refractivity contribution >= 4 is 130 Å². The Labute approximate surface area is 456 Å². The van der Waals surface area contributed by atoms with E-state index in [1.807, 2.05) is 0 Å². The molecule has 27 nitrogen and oxygen atoms in total. The number of nitrogens with one attached hydrogen (secondary N) is 5. The van der Waals surface area contributed by atoms with E-state index in [-0.39, 0.29) is 74.2 Å². The van der Waals surface area contributed by atoms with E-state index in [9.17, 15) is 28.8 Å². The largest absolute Gasteiger partial charge is 0.382 e. The van der Waals surface area contributed by atoms with Crippen molar-refractivity contribution in [2.45, 2.75) is 66.0 Å². The minimum atomic E-state index is -0.888. The molecule has 3 aliphatic heterocycles. The number of amides is 3. The minimum absolute atomic E-state index is 0. The third-order valence-corrected chi connectivity index (χ3v) is 12.9. The maximum atomic E-state index is 12.9. The summed E-state index contributed by atoms with van der Waals surface area (Å²) < 4.78 is 4.37. The molecule has 0 saturated heterocycles. The van der Waals surface area contributed by atoms with E-state index in [0.717, 1.165) is 0 Å². The molecule has 0 spiro atoms. The van der Waals surface area contributed by atoms with Crippen LogP contribution in [0.3, 0.4) is 0 Å². The Kier molecular flexibility index (Phi) is 14.7. The number of nitrogens with zero attached hydrogens (tertiary/aromatic N) is 15. The second kappa shape index (κ2) is 20.8. The molecule has 0 unspecified atom stereocenters. The van der Waals surface area contributed by atoms with Crippen LogP contribution < -0.4 is 49.0 Å². The number of aromatic nitrogens is 15. The molecular weight excluding hydrogens is 1130 g/mol. The van der Waals surface area contributed by atoms with Gasteiger partial charge in [-0.3, -0.25) is 42.5 Å². The van der Waals surface area contributed by atoms with Crippen LogP contribution in [-0.2, 0) is 17.0 Å². The summed E-state index contributed by atoms with van der Waals surface area (Å²) in [6.45, 7) is 10.4. The van der Waals surface area contributed by atoms with Gasteiger partial charge in [0.2, 0.25) is 0 Å². The maximum Gasteiger partial charge on any atom is 0.276 e. The molecule has 7 N–H and O–H groups in total. The van der Waals surface area contributed by atoms with Gasteiger partial charge in [0.15, 0.2) is 17.5 Å². The van der Waals surface area contributed by atoms with Crippen molar-refractivity contribution in [3.8, 4) is 0 Å². The van der Waals surface area contributed by atoms with E-state index < -0.39 is 28.1 Å². The summed E-state index contributed by atoms with van der Waals surface area (Å²) in [5, 5.41) is 14.6. The fraction of sp³-hybridized carbons (Fsp3) is 0.217. The van der Waals surface area contributed by atoms with E-state index in [4.69, 9.17) is 40.5 Å². The lowest BCUT2D eigenvalue weighted by Crippen LogP contribution is -2.42. The summed E-state index contributed by atoms with van der Waals surface area (Å²) in [6.07, 6.45) is 12.9. The van der Waals surface area contributed by atoms with Crippen molar-refractivity contribution in [3.05, 3.63) is 142 Å². The van der Waals surface area contributed by atoms with Gasteiger partial charge in [-0.15, -0.1) is 0 Å². The molecule has 0 aromatic carbocycles. The average Bonchev–Trinajstić information content (AvgIpc) is 3.90. The first kappa shape index (κ1) is 54.5. The number of hydrogen-bond donors (Lipinski definition) is 6. The molecular formula is C46H41BrCl3N21O6. The molecule has 0 aliphatic carbocycles. The fourth-order valence-electron chi connectivity index (χ4n) is 8.20. The van der Waals surface area contributed by atoms with Crippen molar-refractivity contribution in [1.82, 2.24) is 89.5 Å². The molecule has 31 heteroatoms. The number of halogens is 4. The van der Waals surface area contributed by atoms with Crippen LogP contribution in [-0.4, -0.2) is 91.2 Å². The van der Waals surface area contributed by atoms with Gasteiger partial charge in [0.25, 0.3) is 34.4 Å². The van der Waals surface area contributed by atoms with Gasteiger partial charge in [-0.25, -0.2) is 59.8 Å². The average molecular weight is 1170 g/mol. The Bertz CT molecular complexity index is 3910. The lowest BCUT2D eigenvalue weighted by molar-refractivity contribution is 0.0925. The van der Waals surface area contributed by atoms with Gasteiger partial charge in [-0.1, -0.05) is 42.2 Å². The Morgan fingerprint density at radius 2 is 0.818 bits per heavy atom. The fourth-order valence-corrected chi connectivity index (χ4v) is 9.58. The number of rotatable bonds is 4. The molecule has 9 aromatic rings. The zero-order valence-corrected chi connectivity index (χ0v) is 44.0. The highest BCUT2D eigenvalue weighted by atomic mass is 79.9. The van der Waals surface area contributed by atoms with Crippen LogP contribution in [0.15, 0.2) is 93.6 Å². The van der Waals surface area contributed by atoms with Crippen LogP contribution in [0.4, 0.5) is 28.8 Å². The summed E-state index contributed by atoms with van der Waals surface area (Å²) in [7, 11) is 0. The van der Waals surface area contributed by atoms with Crippen LogP contribution in [0, 0.1) is 0 Å². The van der Waals surface area contributed by atoms with Gasteiger partial charge in [0, 0.05) is 0 Å². The maximum absolute atomic E-state index is 12.9. The molecule has 394 valence electrons. The van der Waals surface area contributed by atoms with E-state index in [1.54, 1.807) is 60.1 Å². The Balaban J connectivity index is 0.000000142. The van der Waals surface area contributed by atoms with Crippen molar-refractivity contribution in [1.29, 1.82) is 0 Å². The minimum Gasteiger partial charge on any atom is -0.382 e. The third-order valence-electron chi connectivity index (χ3n) is 11.4. The first-order chi connectivity index (χ1) is 36.0. The first-order valence-corrected chi connectivity index (χ1v) is 23.9. The molecule has 9 aromatic heterocycles. The number of carbonyl (C=O) groups is 3. The highest BCUT2D eigenvalue weighted by Gasteiger charge is 2.40. The number of hydrogen-bond acceptors (Lipinski definition) is 21. The second-order valence-corrected chi connectivity index (χ2v) is 20.0. The predicted octanol–water partition coefficient (Wildman–Crippen LogP) is 5.17. The number of nitrogen functional groups attached to an aromatic ring is 1. The molecule has 12 heterocycles. The topological polar surface area (TPSA) is 358 Å². The van der Waals surface area contributed by atoms with Gasteiger partial charge >= 0.3 is 0 Å². The Hall–Kier alpha value is -8.73. The van der Waals surface area contributed by atoms with E-state index in [2.05, 4.69) is 102 Å². The van der Waals surface area contributed by atoms with E-state index in [0.29, 0.717) is 55.0 Å². The van der Waals surface area contributed by atoms with Crippen molar-refractivity contribution in [2.24, 2.45) is 0 Å². The summed E-state index contributed by atoms with van der Waals surface area (Å²) in [4.78, 5) is 121. The molecule has 3 amide bonds. The van der Waals surface area contributed by atoms with Gasteiger partial charge in [-0.05, 0) is 75.7 Å². The molecule has 0 atom stereocenters. The second-order valence-electron chi connectivity index (χ2n) is 17.9. The molecule has 0 saturated carbocycles. The van der Waals surface area contributed by atoms with Crippen molar-refractivity contribution in [3.63, 3.8) is 0 Å². The smallest absolute Gasteiger partial charge is 0.276 e. The first-order valence-electron chi connectivity index (χ1n) is 22.0. The van der Waals surface area contributed by atoms with Gasteiger partial charge in [-0.2, -0.15) is 0 Å². The number of anilines is 5. The number of nitrogens with two attached hydrogens (primary N) is 1. The van der Waals surface area contributed by atoms with Crippen molar-refractivity contribution in [2.75, 3.05) is 16.4 Å². The van der Waals surface area contributed by atoms with Crippen LogP contribution >= 0.6 is 50.7 Å². The number of carbonyl (C=O) groups excluding carboxylic acids is 3. The highest BCUT2D eigenvalue weighted by molar-refractivity contribution is 9.10. The van der Waals surface area contributed by atoms with Gasteiger partial charge in [0.05, 0.1) is 38.1 Å². The highest BCUT2D eigenvalue weighted by Crippen LogP contribution is 2.32. The number of fused-ring (bicyclic) bond motifs is 6. The molecule has 0 fully saturated rings. The van der Waals surface area contributed by atoms with Gasteiger partial charge in [0.1, 0.15) is 117 Å². The summed E-state index contributed by atoms with van der Waals surface area (Å²) in [5.41, 5.74) is 6.04. The lowest BCUT2D eigenvalue weighted by Gasteiger charge is -2.22. The van der Waals surface area contributed by atoms with Gasteiger partial charge < -0.3 is 32.3 Å². The summed E-state index contributed by atoms with van der Waals surface area (Å²) in [6, 6.07) is 4.26. The molecule has 77 heavy (non-hydrogen) atoms. The van der Waals surface area contributed by atoms with E-state index in [1.165, 1.54) is 69.9 Å². The summed E-state index contributed by atoms with van der Waals surface area (Å²) in [5.74, 6) is -0.0304.